The number of carbonyl (C=O) groups excluding carboxylic acids is 1. The van der Waals surface area contributed by atoms with Crippen LogP contribution in [-0.4, -0.2) is 11.6 Å². The van der Waals surface area contributed by atoms with Gasteiger partial charge in [0, 0.05) is 10.9 Å². The zero-order chi connectivity index (χ0) is 16.3. The maximum atomic E-state index is 13.1. The quantitative estimate of drug-likeness (QED) is 0.734. The first kappa shape index (κ1) is 16.9. The van der Waals surface area contributed by atoms with Crippen molar-refractivity contribution in [2.75, 3.05) is 0 Å². The van der Waals surface area contributed by atoms with Gasteiger partial charge in [0.2, 0.25) is 5.52 Å². The van der Waals surface area contributed by atoms with Crippen molar-refractivity contribution < 1.29 is 9.32 Å². The van der Waals surface area contributed by atoms with Crippen LogP contribution in [-0.2, 0) is 4.52 Å². The summed E-state index contributed by atoms with van der Waals surface area (Å²) in [6.07, 6.45) is 0.0151. The summed E-state index contributed by atoms with van der Waals surface area (Å²) in [4.78, 5) is 13.1. The molecule has 0 saturated heterocycles. The number of hydrogen-bond acceptors (Lipinski definition) is 2. The lowest BCUT2D eigenvalue weighted by Crippen LogP contribution is -2.16. The first-order valence-corrected chi connectivity index (χ1v) is 8.80. The van der Waals surface area contributed by atoms with Crippen LogP contribution in [0.2, 0.25) is 0 Å². The molecule has 3 heteroatoms. The lowest BCUT2D eigenvalue weighted by Gasteiger charge is -2.21. The molecule has 0 amide bonds. The van der Waals surface area contributed by atoms with E-state index < -0.39 is 8.15 Å². The van der Waals surface area contributed by atoms with E-state index in [1.54, 1.807) is 0 Å². The first-order chi connectivity index (χ1) is 10.4. The molecule has 0 aliphatic carbocycles. The van der Waals surface area contributed by atoms with E-state index in [2.05, 4.69) is 19.1 Å². The summed E-state index contributed by atoms with van der Waals surface area (Å²) < 4.78 is 6.01. The number of rotatable bonds is 5. The highest BCUT2D eigenvalue weighted by Gasteiger charge is 2.27. The molecule has 0 radical (unpaired) electrons. The smallest absolute Gasteiger partial charge is 0.216 e. The maximum absolute atomic E-state index is 13.1. The predicted octanol–water partition coefficient (Wildman–Crippen LogP) is 4.90. The lowest BCUT2D eigenvalue weighted by molar-refractivity contribution is 0.106. The van der Waals surface area contributed by atoms with Gasteiger partial charge in [0.15, 0.2) is 0 Å². The second kappa shape index (κ2) is 7.17. The molecule has 0 aliphatic rings. The Bertz CT molecular complexity index is 639. The molecular formula is C19H23O2P. The van der Waals surface area contributed by atoms with Crippen molar-refractivity contribution in [2.24, 2.45) is 0 Å². The molecule has 0 aliphatic heterocycles. The second-order valence-corrected chi connectivity index (χ2v) is 7.59. The monoisotopic (exact) mass is 314 g/mol. The minimum atomic E-state index is -1.31. The predicted molar refractivity (Wildman–Crippen MR) is 94.2 cm³/mol. The van der Waals surface area contributed by atoms with Crippen molar-refractivity contribution in [3.63, 3.8) is 0 Å². The van der Waals surface area contributed by atoms with Gasteiger partial charge in [0.1, 0.15) is 8.15 Å². The van der Waals surface area contributed by atoms with Crippen molar-refractivity contribution in [3.05, 3.63) is 64.7 Å². The third-order valence-electron chi connectivity index (χ3n) is 3.38. The van der Waals surface area contributed by atoms with Gasteiger partial charge in [-0.1, -0.05) is 48.0 Å². The van der Waals surface area contributed by atoms with Crippen molar-refractivity contribution >= 4 is 19.0 Å². The zero-order valence-electron chi connectivity index (χ0n) is 13.9. The van der Waals surface area contributed by atoms with Gasteiger partial charge in [-0.15, -0.1) is 0 Å². The van der Waals surface area contributed by atoms with E-state index in [1.807, 2.05) is 58.0 Å². The average molecular weight is 314 g/mol. The molecule has 0 bridgehead atoms. The molecule has 1 atom stereocenters. The van der Waals surface area contributed by atoms with Crippen molar-refractivity contribution in [2.45, 2.75) is 40.7 Å². The Morgan fingerprint density at radius 3 is 2.05 bits per heavy atom. The van der Waals surface area contributed by atoms with E-state index in [0.29, 0.717) is 0 Å². The molecule has 2 rings (SSSR count). The third-order valence-corrected chi connectivity index (χ3v) is 5.37. The van der Waals surface area contributed by atoms with Crippen LogP contribution in [0.3, 0.4) is 0 Å². The van der Waals surface area contributed by atoms with E-state index >= 15 is 0 Å². The molecule has 0 N–H and O–H groups in total. The fourth-order valence-electron chi connectivity index (χ4n) is 2.62. The summed E-state index contributed by atoms with van der Waals surface area (Å²) in [6, 6.07) is 13.9. The highest BCUT2D eigenvalue weighted by molar-refractivity contribution is 7.78. The first-order valence-electron chi connectivity index (χ1n) is 7.54. The molecule has 2 aromatic carbocycles. The highest BCUT2D eigenvalue weighted by atomic mass is 31.1. The molecule has 2 nitrogen and oxygen atoms in total. The Labute approximate surface area is 134 Å². The summed E-state index contributed by atoms with van der Waals surface area (Å²) in [7, 11) is -1.31. The number of benzene rings is 2. The number of hydrogen-bond donors (Lipinski definition) is 0. The van der Waals surface area contributed by atoms with Crippen LogP contribution in [0.4, 0.5) is 0 Å². The SMILES string of the molecule is Cc1cc(C)c(C(=O)P(OC(C)C)c2ccccc2)c(C)c1. The lowest BCUT2D eigenvalue weighted by atomic mass is 10.0. The second-order valence-electron chi connectivity index (χ2n) is 5.86. The van der Waals surface area contributed by atoms with Crippen LogP contribution in [0, 0.1) is 20.8 Å². The molecule has 0 spiro atoms. The molecule has 0 heterocycles. The van der Waals surface area contributed by atoms with Gasteiger partial charge >= 0.3 is 0 Å². The summed E-state index contributed by atoms with van der Waals surface area (Å²) in [5, 5.41) is 0.968. The molecule has 22 heavy (non-hydrogen) atoms. The normalized spacial score (nSPS) is 12.5. The van der Waals surface area contributed by atoms with Gasteiger partial charge in [-0.25, -0.2) is 0 Å². The molecule has 0 saturated carbocycles. The Kier molecular flexibility index (Phi) is 5.50. The molecule has 0 fully saturated rings. The van der Waals surface area contributed by atoms with Gasteiger partial charge < -0.3 is 4.52 Å². The van der Waals surface area contributed by atoms with E-state index in [1.165, 1.54) is 5.56 Å². The van der Waals surface area contributed by atoms with Crippen molar-refractivity contribution in [1.29, 1.82) is 0 Å². The Balaban J connectivity index is 2.47. The van der Waals surface area contributed by atoms with Crippen molar-refractivity contribution in [1.82, 2.24) is 0 Å². The largest absolute Gasteiger partial charge is 0.344 e. The van der Waals surface area contributed by atoms with Crippen molar-refractivity contribution in [3.8, 4) is 0 Å². The topological polar surface area (TPSA) is 26.3 Å². The van der Waals surface area contributed by atoms with Crippen LogP contribution in [0.25, 0.3) is 0 Å². The standard InChI is InChI=1S/C19H23O2P/c1-13(2)21-22(17-9-7-6-8-10-17)19(20)18-15(4)11-14(3)12-16(18)5/h6-13H,1-5H3. The molecule has 2 aromatic rings. The minimum absolute atomic E-state index is 0.0151. The van der Waals surface area contributed by atoms with Gasteiger partial charge in [0.25, 0.3) is 0 Å². The van der Waals surface area contributed by atoms with Crippen LogP contribution in [0.5, 0.6) is 0 Å². The van der Waals surface area contributed by atoms with Gasteiger partial charge in [-0.05, 0) is 45.7 Å². The van der Waals surface area contributed by atoms with Crippen LogP contribution in [0.1, 0.15) is 40.9 Å². The molecule has 116 valence electrons. The highest BCUT2D eigenvalue weighted by Crippen LogP contribution is 2.42. The Hall–Kier alpha value is -1.50. The number of aryl methyl sites for hydroxylation is 3. The molecular weight excluding hydrogens is 291 g/mol. The van der Waals surface area contributed by atoms with Crippen LogP contribution < -0.4 is 5.30 Å². The van der Waals surface area contributed by atoms with E-state index in [-0.39, 0.29) is 11.6 Å². The van der Waals surface area contributed by atoms with Crippen LogP contribution >= 0.6 is 8.15 Å². The summed E-state index contributed by atoms with van der Waals surface area (Å²) in [6.45, 7) is 10.0. The average Bonchev–Trinajstić information content (AvgIpc) is 2.44. The van der Waals surface area contributed by atoms with Gasteiger partial charge in [0.05, 0.1) is 6.10 Å². The Morgan fingerprint density at radius 2 is 1.55 bits per heavy atom. The zero-order valence-corrected chi connectivity index (χ0v) is 14.8. The van der Waals surface area contributed by atoms with E-state index in [0.717, 1.165) is 22.0 Å². The third kappa shape index (κ3) is 3.82. The van der Waals surface area contributed by atoms with Gasteiger partial charge in [-0.3, -0.25) is 4.79 Å². The van der Waals surface area contributed by atoms with E-state index in [4.69, 9.17) is 4.52 Å². The molecule has 1 unspecified atom stereocenters. The summed E-state index contributed by atoms with van der Waals surface area (Å²) in [5.41, 5.74) is 4.14. The fourth-order valence-corrected chi connectivity index (χ4v) is 4.49. The Morgan fingerprint density at radius 1 is 1.00 bits per heavy atom. The maximum Gasteiger partial charge on any atom is 0.216 e. The summed E-state index contributed by atoms with van der Waals surface area (Å²) >= 11 is 0. The van der Waals surface area contributed by atoms with Gasteiger partial charge in [-0.2, -0.15) is 0 Å². The fraction of sp³-hybridized carbons (Fsp3) is 0.316. The minimum Gasteiger partial charge on any atom is -0.344 e. The van der Waals surface area contributed by atoms with E-state index in [9.17, 15) is 4.79 Å². The van der Waals surface area contributed by atoms with Crippen LogP contribution in [0.15, 0.2) is 42.5 Å². The summed E-state index contributed by atoms with van der Waals surface area (Å²) in [5.74, 6) is 0. The molecule has 0 aromatic heterocycles. The number of carbonyl (C=O) groups is 1.